The van der Waals surface area contributed by atoms with Crippen LogP contribution in [0.25, 0.3) is 0 Å². The van der Waals surface area contributed by atoms with E-state index >= 15 is 0 Å². The minimum atomic E-state index is 0.786. The predicted octanol–water partition coefficient (Wildman–Crippen LogP) is 4.12. The molecule has 0 aliphatic carbocycles. The van der Waals surface area contributed by atoms with Gasteiger partial charge in [-0.25, -0.2) is 0 Å². The van der Waals surface area contributed by atoms with Gasteiger partial charge in [0.25, 0.3) is 0 Å². The molecule has 2 aromatic rings. The van der Waals surface area contributed by atoms with Gasteiger partial charge in [-0.05, 0) is 49.6 Å². The number of nitrogens with two attached hydrogens (primary N) is 1. The van der Waals surface area contributed by atoms with Crippen LogP contribution in [-0.4, -0.2) is 6.54 Å². The van der Waals surface area contributed by atoms with Crippen LogP contribution < -0.4 is 5.73 Å². The maximum absolute atomic E-state index is 5.55. The number of hydrogen-bond acceptors (Lipinski definition) is 2. The van der Waals surface area contributed by atoms with Crippen molar-refractivity contribution in [2.24, 2.45) is 5.73 Å². The van der Waals surface area contributed by atoms with E-state index in [0.29, 0.717) is 0 Å². The zero-order chi connectivity index (χ0) is 12.6. The molecule has 94 valence electrons. The van der Waals surface area contributed by atoms with Crippen LogP contribution >= 0.6 is 11.8 Å². The first kappa shape index (κ1) is 13.2. The molecule has 0 saturated carbocycles. The SMILES string of the molecule is NCCCCc1ccccc1Sc1ccccc1. The second-order valence-electron chi connectivity index (χ2n) is 4.27. The maximum Gasteiger partial charge on any atom is 0.0154 e. The Bertz CT molecular complexity index is 468. The van der Waals surface area contributed by atoms with E-state index in [1.165, 1.54) is 21.8 Å². The van der Waals surface area contributed by atoms with E-state index in [0.717, 1.165) is 19.4 Å². The average Bonchev–Trinajstić information content (AvgIpc) is 2.42. The van der Waals surface area contributed by atoms with Crippen LogP contribution in [0.1, 0.15) is 18.4 Å². The van der Waals surface area contributed by atoms with Gasteiger partial charge in [0.1, 0.15) is 0 Å². The first-order valence-electron chi connectivity index (χ1n) is 6.41. The van der Waals surface area contributed by atoms with E-state index in [1.54, 1.807) is 0 Å². The van der Waals surface area contributed by atoms with Crippen LogP contribution in [0.3, 0.4) is 0 Å². The fourth-order valence-electron chi connectivity index (χ4n) is 1.89. The molecule has 0 saturated heterocycles. The maximum atomic E-state index is 5.55. The molecule has 0 spiro atoms. The van der Waals surface area contributed by atoms with Gasteiger partial charge in [0.05, 0.1) is 0 Å². The molecular formula is C16H19NS. The molecule has 0 fully saturated rings. The number of rotatable bonds is 6. The highest BCUT2D eigenvalue weighted by atomic mass is 32.2. The van der Waals surface area contributed by atoms with Crippen molar-refractivity contribution in [2.75, 3.05) is 6.54 Å². The third-order valence-corrected chi connectivity index (χ3v) is 3.97. The fourth-order valence-corrected chi connectivity index (χ4v) is 2.88. The van der Waals surface area contributed by atoms with Crippen molar-refractivity contribution in [3.05, 3.63) is 60.2 Å². The summed E-state index contributed by atoms with van der Waals surface area (Å²) in [4.78, 5) is 2.66. The van der Waals surface area contributed by atoms with Crippen molar-refractivity contribution in [1.29, 1.82) is 0 Å². The number of unbranched alkanes of at least 4 members (excludes halogenated alkanes) is 1. The lowest BCUT2D eigenvalue weighted by atomic mass is 10.1. The van der Waals surface area contributed by atoms with E-state index in [9.17, 15) is 0 Å². The molecule has 0 aromatic heterocycles. The summed E-state index contributed by atoms with van der Waals surface area (Å²) in [6.07, 6.45) is 3.39. The van der Waals surface area contributed by atoms with Crippen molar-refractivity contribution < 1.29 is 0 Å². The molecular weight excluding hydrogens is 238 g/mol. The van der Waals surface area contributed by atoms with Gasteiger partial charge >= 0.3 is 0 Å². The minimum Gasteiger partial charge on any atom is -0.330 e. The minimum absolute atomic E-state index is 0.786. The quantitative estimate of drug-likeness (QED) is 0.788. The summed E-state index contributed by atoms with van der Waals surface area (Å²) >= 11 is 1.84. The van der Waals surface area contributed by atoms with Crippen LogP contribution in [0.4, 0.5) is 0 Å². The van der Waals surface area contributed by atoms with E-state index in [1.807, 2.05) is 11.8 Å². The number of benzene rings is 2. The third-order valence-electron chi connectivity index (χ3n) is 2.84. The van der Waals surface area contributed by atoms with Gasteiger partial charge in [-0.2, -0.15) is 0 Å². The van der Waals surface area contributed by atoms with E-state index in [2.05, 4.69) is 54.6 Å². The highest BCUT2D eigenvalue weighted by Gasteiger charge is 2.03. The van der Waals surface area contributed by atoms with Crippen molar-refractivity contribution in [2.45, 2.75) is 29.1 Å². The Balaban J connectivity index is 2.07. The molecule has 0 atom stereocenters. The second kappa shape index (κ2) is 7.24. The molecule has 0 heterocycles. The summed E-state index contributed by atoms with van der Waals surface area (Å²) in [5.41, 5.74) is 6.98. The molecule has 0 bridgehead atoms. The molecule has 0 aliphatic rings. The Morgan fingerprint density at radius 2 is 1.56 bits per heavy atom. The average molecular weight is 257 g/mol. The van der Waals surface area contributed by atoms with Crippen molar-refractivity contribution in [3.63, 3.8) is 0 Å². The molecule has 0 amide bonds. The Morgan fingerprint density at radius 3 is 2.33 bits per heavy atom. The van der Waals surface area contributed by atoms with Crippen LogP contribution in [0.2, 0.25) is 0 Å². The molecule has 2 heteroatoms. The zero-order valence-electron chi connectivity index (χ0n) is 10.5. The number of hydrogen-bond donors (Lipinski definition) is 1. The molecule has 2 rings (SSSR count). The van der Waals surface area contributed by atoms with Gasteiger partial charge in [0, 0.05) is 9.79 Å². The summed E-state index contributed by atoms with van der Waals surface area (Å²) in [5, 5.41) is 0. The van der Waals surface area contributed by atoms with Crippen LogP contribution in [0.15, 0.2) is 64.4 Å². The lowest BCUT2D eigenvalue weighted by Crippen LogP contribution is -1.99. The summed E-state index contributed by atoms with van der Waals surface area (Å²) in [5.74, 6) is 0. The van der Waals surface area contributed by atoms with Gasteiger partial charge in [0.2, 0.25) is 0 Å². The van der Waals surface area contributed by atoms with Gasteiger partial charge < -0.3 is 5.73 Å². The normalized spacial score (nSPS) is 10.5. The Labute approximate surface area is 113 Å². The van der Waals surface area contributed by atoms with Gasteiger partial charge in [-0.1, -0.05) is 48.2 Å². The van der Waals surface area contributed by atoms with Crippen LogP contribution in [0.5, 0.6) is 0 Å². The monoisotopic (exact) mass is 257 g/mol. The first-order chi connectivity index (χ1) is 8.90. The lowest BCUT2D eigenvalue weighted by Gasteiger charge is -2.08. The third kappa shape index (κ3) is 3.90. The zero-order valence-corrected chi connectivity index (χ0v) is 11.3. The van der Waals surface area contributed by atoms with E-state index in [4.69, 9.17) is 5.73 Å². The van der Waals surface area contributed by atoms with E-state index < -0.39 is 0 Å². The Hall–Kier alpha value is -1.25. The fraction of sp³-hybridized carbons (Fsp3) is 0.250. The lowest BCUT2D eigenvalue weighted by molar-refractivity contribution is 0.738. The molecule has 2 N–H and O–H groups in total. The highest BCUT2D eigenvalue weighted by molar-refractivity contribution is 7.99. The first-order valence-corrected chi connectivity index (χ1v) is 7.22. The topological polar surface area (TPSA) is 26.0 Å². The summed E-state index contributed by atoms with van der Waals surface area (Å²) in [7, 11) is 0. The molecule has 18 heavy (non-hydrogen) atoms. The summed E-state index contributed by atoms with van der Waals surface area (Å²) < 4.78 is 0. The van der Waals surface area contributed by atoms with Gasteiger partial charge in [0.15, 0.2) is 0 Å². The Morgan fingerprint density at radius 1 is 0.833 bits per heavy atom. The second-order valence-corrected chi connectivity index (χ2v) is 5.38. The smallest absolute Gasteiger partial charge is 0.0154 e. The highest BCUT2D eigenvalue weighted by Crippen LogP contribution is 2.30. The molecule has 0 unspecified atom stereocenters. The van der Waals surface area contributed by atoms with E-state index in [-0.39, 0.29) is 0 Å². The Kier molecular flexibility index (Phi) is 5.31. The standard InChI is InChI=1S/C16H19NS/c17-13-7-6-9-14-8-4-5-12-16(14)18-15-10-2-1-3-11-15/h1-5,8,10-12H,6-7,9,13,17H2. The van der Waals surface area contributed by atoms with Gasteiger partial charge in [-0.15, -0.1) is 0 Å². The van der Waals surface area contributed by atoms with Crippen LogP contribution in [0, 0.1) is 0 Å². The van der Waals surface area contributed by atoms with Crippen molar-refractivity contribution in [1.82, 2.24) is 0 Å². The molecule has 2 aromatic carbocycles. The largest absolute Gasteiger partial charge is 0.330 e. The predicted molar refractivity (Wildman–Crippen MR) is 79.0 cm³/mol. The van der Waals surface area contributed by atoms with Crippen LogP contribution in [-0.2, 0) is 6.42 Å². The van der Waals surface area contributed by atoms with Crippen molar-refractivity contribution >= 4 is 11.8 Å². The molecule has 1 nitrogen and oxygen atoms in total. The molecule has 0 aliphatic heterocycles. The summed E-state index contributed by atoms with van der Waals surface area (Å²) in [6.45, 7) is 0.786. The number of aryl methyl sites for hydroxylation is 1. The van der Waals surface area contributed by atoms with Crippen molar-refractivity contribution in [3.8, 4) is 0 Å². The summed E-state index contributed by atoms with van der Waals surface area (Å²) in [6, 6.07) is 19.2. The molecule has 0 radical (unpaired) electrons. The van der Waals surface area contributed by atoms with Gasteiger partial charge in [-0.3, -0.25) is 0 Å².